The molecule has 0 aliphatic carbocycles. The van der Waals surface area contributed by atoms with Gasteiger partial charge in [-0.2, -0.15) is 8.75 Å². The van der Waals surface area contributed by atoms with E-state index in [0.29, 0.717) is 6.61 Å². The van der Waals surface area contributed by atoms with E-state index in [9.17, 15) is 0 Å². The lowest BCUT2D eigenvalue weighted by Gasteiger charge is -2.17. The molecule has 0 bridgehead atoms. The Kier molecular flexibility index (Phi) is 5.68. The molecule has 7 heteroatoms. The summed E-state index contributed by atoms with van der Waals surface area (Å²) in [6.45, 7) is 3.10. The number of rotatable bonds is 8. The van der Waals surface area contributed by atoms with Gasteiger partial charge in [-0.1, -0.05) is 12.1 Å². The molecule has 1 N–H and O–H groups in total. The Morgan fingerprint density at radius 1 is 1.08 bits per heavy atom. The molecule has 0 aliphatic rings. The lowest BCUT2D eigenvalue weighted by atomic mass is 10.2. The van der Waals surface area contributed by atoms with Crippen molar-refractivity contribution in [3.8, 4) is 0 Å². The normalized spacial score (nSPS) is 11.1. The highest BCUT2D eigenvalue weighted by Gasteiger charge is 2.03. The van der Waals surface area contributed by atoms with E-state index >= 15 is 0 Å². The molecule has 126 valence electrons. The van der Waals surface area contributed by atoms with E-state index in [1.54, 1.807) is 7.11 Å². The minimum atomic E-state index is 0.695. The van der Waals surface area contributed by atoms with Gasteiger partial charge in [0.25, 0.3) is 0 Å². The Bertz CT molecular complexity index is 774. The van der Waals surface area contributed by atoms with Crippen molar-refractivity contribution in [2.24, 2.45) is 0 Å². The fourth-order valence-corrected chi connectivity index (χ4v) is 2.90. The fourth-order valence-electron chi connectivity index (χ4n) is 2.38. The molecule has 0 spiro atoms. The van der Waals surface area contributed by atoms with E-state index in [-0.39, 0.29) is 0 Å². The van der Waals surface area contributed by atoms with Gasteiger partial charge in [-0.15, -0.1) is 0 Å². The predicted molar refractivity (Wildman–Crippen MR) is 97.3 cm³/mol. The van der Waals surface area contributed by atoms with Gasteiger partial charge in [-0.25, -0.2) is 4.98 Å². The number of nitrogens with zero attached hydrogens (tertiary/aromatic N) is 4. The molecule has 0 saturated carbocycles. The number of aromatic nitrogens is 3. The van der Waals surface area contributed by atoms with E-state index in [1.165, 1.54) is 17.3 Å². The van der Waals surface area contributed by atoms with Gasteiger partial charge in [-0.3, -0.25) is 0 Å². The monoisotopic (exact) mass is 343 g/mol. The quantitative estimate of drug-likeness (QED) is 0.678. The van der Waals surface area contributed by atoms with E-state index in [4.69, 9.17) is 4.74 Å². The lowest BCUT2D eigenvalue weighted by molar-refractivity contribution is 0.206. The average molecular weight is 343 g/mol. The summed E-state index contributed by atoms with van der Waals surface area (Å²) in [5, 5.41) is 3.44. The van der Waals surface area contributed by atoms with Crippen LogP contribution in [0.1, 0.15) is 11.1 Å². The first-order chi connectivity index (χ1) is 11.8. The second-order valence-corrected chi connectivity index (χ2v) is 6.16. The number of methoxy groups -OCH3 is 1. The molecular formula is C17H21N5OS. The Hall–Kier alpha value is -2.09. The maximum absolute atomic E-state index is 5.09. The number of nitrogens with one attached hydrogen (secondary N) is 1. The van der Waals surface area contributed by atoms with Crippen molar-refractivity contribution < 1.29 is 4.74 Å². The summed E-state index contributed by atoms with van der Waals surface area (Å²) in [5.41, 5.74) is 4.29. The van der Waals surface area contributed by atoms with Crippen LogP contribution in [0.15, 0.2) is 36.5 Å². The van der Waals surface area contributed by atoms with E-state index in [1.807, 2.05) is 25.4 Å². The molecular weight excluding hydrogens is 322 g/mol. The molecule has 24 heavy (non-hydrogen) atoms. The second kappa shape index (κ2) is 8.14. The summed E-state index contributed by atoms with van der Waals surface area (Å²) in [6, 6.07) is 10.3. The minimum absolute atomic E-state index is 0.695. The molecule has 0 fully saturated rings. The van der Waals surface area contributed by atoms with Crippen molar-refractivity contribution in [1.82, 2.24) is 19.0 Å². The van der Waals surface area contributed by atoms with Crippen LogP contribution in [0, 0.1) is 0 Å². The van der Waals surface area contributed by atoms with Crippen LogP contribution in [0.25, 0.3) is 11.0 Å². The molecule has 0 unspecified atom stereocenters. The van der Waals surface area contributed by atoms with Crippen molar-refractivity contribution in [3.63, 3.8) is 0 Å². The average Bonchev–Trinajstić information content (AvgIpc) is 3.08. The first-order valence-electron chi connectivity index (χ1n) is 7.83. The summed E-state index contributed by atoms with van der Waals surface area (Å²) in [4.78, 5) is 6.59. The molecule has 3 rings (SSSR count). The molecule has 0 radical (unpaired) electrons. The molecule has 3 aromatic rings. The molecule has 1 aromatic carbocycles. The number of anilines is 1. The molecule has 0 atom stereocenters. The minimum Gasteiger partial charge on any atom is -0.383 e. The number of pyridine rings is 1. The molecule has 2 aromatic heterocycles. The molecule has 0 amide bonds. The summed E-state index contributed by atoms with van der Waals surface area (Å²) >= 11 is 1.25. The van der Waals surface area contributed by atoms with Crippen molar-refractivity contribution in [1.29, 1.82) is 0 Å². The summed E-state index contributed by atoms with van der Waals surface area (Å²) in [5.74, 6) is 0.956. The van der Waals surface area contributed by atoms with Gasteiger partial charge in [0.05, 0.1) is 18.3 Å². The summed E-state index contributed by atoms with van der Waals surface area (Å²) in [7, 11) is 3.72. The number of hydrogen-bond donors (Lipinski definition) is 1. The van der Waals surface area contributed by atoms with Crippen molar-refractivity contribution in [3.05, 3.63) is 47.7 Å². The van der Waals surface area contributed by atoms with Crippen LogP contribution in [0.4, 0.5) is 5.82 Å². The Labute approximate surface area is 145 Å². The molecule has 2 heterocycles. The van der Waals surface area contributed by atoms with Crippen molar-refractivity contribution >= 4 is 28.6 Å². The topological polar surface area (TPSA) is 63.2 Å². The number of ether oxygens (including phenoxy) is 1. The third kappa shape index (κ3) is 4.25. The highest BCUT2D eigenvalue weighted by atomic mass is 32.1. The van der Waals surface area contributed by atoms with Crippen molar-refractivity contribution in [2.75, 3.05) is 32.2 Å². The number of hydrogen-bond acceptors (Lipinski definition) is 7. The predicted octanol–water partition coefficient (Wildman–Crippen LogP) is 2.46. The third-order valence-corrected chi connectivity index (χ3v) is 4.36. The summed E-state index contributed by atoms with van der Waals surface area (Å²) < 4.78 is 13.6. The highest BCUT2D eigenvalue weighted by molar-refractivity contribution is 7.00. The van der Waals surface area contributed by atoms with Crippen LogP contribution in [-0.2, 0) is 17.8 Å². The van der Waals surface area contributed by atoms with Crippen LogP contribution >= 0.6 is 11.7 Å². The van der Waals surface area contributed by atoms with Gasteiger partial charge in [0, 0.05) is 40.0 Å². The number of fused-ring (bicyclic) bond motifs is 1. The van der Waals surface area contributed by atoms with Crippen LogP contribution in [0.3, 0.4) is 0 Å². The zero-order valence-corrected chi connectivity index (χ0v) is 14.7. The summed E-state index contributed by atoms with van der Waals surface area (Å²) in [6.07, 6.45) is 1.92. The zero-order valence-electron chi connectivity index (χ0n) is 13.9. The lowest BCUT2D eigenvalue weighted by Crippen LogP contribution is -2.23. The molecule has 6 nitrogen and oxygen atoms in total. The fraction of sp³-hybridized carbons (Fsp3) is 0.353. The highest BCUT2D eigenvalue weighted by Crippen LogP contribution is 2.14. The van der Waals surface area contributed by atoms with Crippen molar-refractivity contribution in [2.45, 2.75) is 13.1 Å². The zero-order chi connectivity index (χ0) is 16.8. The van der Waals surface area contributed by atoms with Gasteiger partial charge in [0.2, 0.25) is 0 Å². The smallest absolute Gasteiger partial charge is 0.128 e. The van der Waals surface area contributed by atoms with Crippen LogP contribution in [0.2, 0.25) is 0 Å². The maximum Gasteiger partial charge on any atom is 0.128 e. The van der Waals surface area contributed by atoms with Crippen LogP contribution in [0.5, 0.6) is 0 Å². The molecule has 0 aliphatic heterocycles. The standard InChI is InChI=1S/C17H21N5OS/c1-22(7-8-23-2)17-6-4-14(12-19-17)11-18-10-13-3-5-15-16(9-13)21-24-20-15/h3-6,9,12,18H,7-8,10-11H2,1-2H3. The largest absolute Gasteiger partial charge is 0.383 e. The second-order valence-electron chi connectivity index (χ2n) is 5.63. The van der Waals surface area contributed by atoms with Gasteiger partial charge >= 0.3 is 0 Å². The number of benzene rings is 1. The first kappa shape index (κ1) is 16.8. The van der Waals surface area contributed by atoms with E-state index in [0.717, 1.165) is 42.0 Å². The third-order valence-electron chi connectivity index (χ3n) is 3.81. The number of likely N-dealkylation sites (N-methyl/N-ethyl adjacent to an activating group) is 1. The van der Waals surface area contributed by atoms with Gasteiger partial charge in [-0.05, 0) is 29.3 Å². The Morgan fingerprint density at radius 3 is 2.67 bits per heavy atom. The van der Waals surface area contributed by atoms with Crippen LogP contribution < -0.4 is 10.2 Å². The Balaban J connectivity index is 1.51. The van der Waals surface area contributed by atoms with E-state index < -0.39 is 0 Å². The van der Waals surface area contributed by atoms with Gasteiger partial charge in [0.1, 0.15) is 16.9 Å². The Morgan fingerprint density at radius 2 is 1.88 bits per heavy atom. The van der Waals surface area contributed by atoms with Crippen LogP contribution in [-0.4, -0.2) is 41.0 Å². The van der Waals surface area contributed by atoms with Gasteiger partial charge in [0.15, 0.2) is 0 Å². The van der Waals surface area contributed by atoms with Gasteiger partial charge < -0.3 is 15.0 Å². The maximum atomic E-state index is 5.09. The first-order valence-corrected chi connectivity index (χ1v) is 8.56. The SMILES string of the molecule is COCCN(C)c1ccc(CNCc2ccc3nsnc3c2)cn1. The molecule has 0 saturated heterocycles. The van der Waals surface area contributed by atoms with E-state index in [2.05, 4.69) is 42.1 Å².